The van der Waals surface area contributed by atoms with Gasteiger partial charge in [-0.25, -0.2) is 0 Å². The number of nitrogens with two attached hydrogens (primary N) is 1. The maximum absolute atomic E-state index is 6.08. The molecule has 0 saturated heterocycles. The molecule has 0 spiro atoms. The largest absolute Gasteiger partial charge is 0.396 e. The number of nitrogen functional groups attached to an aromatic ring is 1. The Morgan fingerprint density at radius 3 is 2.53 bits per heavy atom. The molecular formula is C13H14Cl2N4. The number of aromatic nitrogens is 3. The van der Waals surface area contributed by atoms with Crippen molar-refractivity contribution in [1.29, 1.82) is 0 Å². The van der Waals surface area contributed by atoms with Crippen LogP contribution >= 0.6 is 23.2 Å². The highest BCUT2D eigenvalue weighted by Gasteiger charge is 2.17. The first-order chi connectivity index (χ1) is 9.16. The van der Waals surface area contributed by atoms with Gasteiger partial charge >= 0.3 is 0 Å². The van der Waals surface area contributed by atoms with Crippen LogP contribution < -0.4 is 5.73 Å². The van der Waals surface area contributed by atoms with Crippen LogP contribution in [0, 0.1) is 0 Å². The Kier molecular flexibility index (Phi) is 3.37. The van der Waals surface area contributed by atoms with Crippen LogP contribution in [0.3, 0.4) is 0 Å². The number of rotatable bonds is 1. The molecule has 0 unspecified atom stereocenters. The number of hydrogen-bond donors (Lipinski definition) is 1. The Morgan fingerprint density at radius 2 is 1.79 bits per heavy atom. The zero-order chi connectivity index (χ0) is 13.4. The summed E-state index contributed by atoms with van der Waals surface area (Å²) < 4.78 is 2.16. The molecule has 0 bridgehead atoms. The van der Waals surface area contributed by atoms with Crippen LogP contribution in [0.25, 0.3) is 11.4 Å². The molecule has 3 rings (SSSR count). The van der Waals surface area contributed by atoms with Gasteiger partial charge in [-0.05, 0) is 25.0 Å². The summed E-state index contributed by atoms with van der Waals surface area (Å²) in [7, 11) is 0. The molecule has 1 aromatic heterocycles. The minimum atomic E-state index is 0.405. The van der Waals surface area contributed by atoms with Crippen LogP contribution in [0.15, 0.2) is 12.1 Å². The smallest absolute Gasteiger partial charge is 0.164 e. The van der Waals surface area contributed by atoms with Gasteiger partial charge in [0.2, 0.25) is 0 Å². The number of hydrogen-bond acceptors (Lipinski definition) is 3. The van der Waals surface area contributed by atoms with E-state index in [9.17, 15) is 0 Å². The lowest BCUT2D eigenvalue weighted by atomic mass is 10.2. The van der Waals surface area contributed by atoms with Gasteiger partial charge in [0.05, 0.1) is 15.7 Å². The molecular weight excluding hydrogens is 283 g/mol. The second kappa shape index (κ2) is 5.02. The molecule has 0 aliphatic carbocycles. The molecule has 2 aromatic rings. The Labute approximate surface area is 121 Å². The summed E-state index contributed by atoms with van der Waals surface area (Å²) >= 11 is 12.2. The van der Waals surface area contributed by atoms with Gasteiger partial charge in [0.1, 0.15) is 5.82 Å². The summed E-state index contributed by atoms with van der Waals surface area (Å²) in [6, 6.07) is 3.59. The molecule has 4 nitrogen and oxygen atoms in total. The minimum absolute atomic E-state index is 0.405. The van der Waals surface area contributed by atoms with Gasteiger partial charge in [0.25, 0.3) is 0 Å². The maximum atomic E-state index is 6.08. The molecule has 19 heavy (non-hydrogen) atoms. The molecule has 1 aliphatic heterocycles. The predicted octanol–water partition coefficient (Wildman–Crippen LogP) is 3.56. The van der Waals surface area contributed by atoms with E-state index < -0.39 is 0 Å². The fraction of sp³-hybridized carbons (Fsp3) is 0.385. The second-order valence-electron chi connectivity index (χ2n) is 4.76. The van der Waals surface area contributed by atoms with E-state index in [1.165, 1.54) is 12.8 Å². The normalized spacial score (nSPS) is 15.1. The van der Waals surface area contributed by atoms with E-state index in [2.05, 4.69) is 14.8 Å². The summed E-state index contributed by atoms with van der Waals surface area (Å²) in [6.45, 7) is 0.942. The van der Waals surface area contributed by atoms with E-state index in [0.717, 1.165) is 36.6 Å². The first kappa shape index (κ1) is 12.8. The first-order valence-electron chi connectivity index (χ1n) is 6.34. The van der Waals surface area contributed by atoms with E-state index in [1.54, 1.807) is 12.1 Å². The van der Waals surface area contributed by atoms with Crippen molar-refractivity contribution in [3.63, 3.8) is 0 Å². The van der Waals surface area contributed by atoms with Crippen LogP contribution in [0.1, 0.15) is 25.1 Å². The summed E-state index contributed by atoms with van der Waals surface area (Å²) in [4.78, 5) is 0. The summed E-state index contributed by atoms with van der Waals surface area (Å²) in [5.74, 6) is 1.86. The van der Waals surface area contributed by atoms with Gasteiger partial charge in [-0.15, -0.1) is 10.2 Å². The van der Waals surface area contributed by atoms with Gasteiger partial charge in [0.15, 0.2) is 5.82 Å². The van der Waals surface area contributed by atoms with Crippen molar-refractivity contribution in [3.05, 3.63) is 28.0 Å². The number of benzene rings is 1. The van der Waals surface area contributed by atoms with Gasteiger partial charge in [-0.1, -0.05) is 29.6 Å². The van der Waals surface area contributed by atoms with Crippen molar-refractivity contribution in [3.8, 4) is 11.4 Å². The van der Waals surface area contributed by atoms with Crippen molar-refractivity contribution in [1.82, 2.24) is 14.8 Å². The van der Waals surface area contributed by atoms with Crippen molar-refractivity contribution < 1.29 is 0 Å². The highest BCUT2D eigenvalue weighted by atomic mass is 35.5. The fourth-order valence-electron chi connectivity index (χ4n) is 2.41. The zero-order valence-corrected chi connectivity index (χ0v) is 11.9. The topological polar surface area (TPSA) is 56.7 Å². The van der Waals surface area contributed by atoms with Crippen LogP contribution in [0.4, 0.5) is 5.69 Å². The number of fused-ring (bicyclic) bond motifs is 1. The van der Waals surface area contributed by atoms with E-state index in [0.29, 0.717) is 15.7 Å². The highest BCUT2D eigenvalue weighted by Crippen LogP contribution is 2.33. The molecule has 0 radical (unpaired) electrons. The highest BCUT2D eigenvalue weighted by molar-refractivity contribution is 6.39. The van der Waals surface area contributed by atoms with Gasteiger partial charge in [-0.3, -0.25) is 0 Å². The number of halogens is 2. The van der Waals surface area contributed by atoms with Crippen LogP contribution in [-0.4, -0.2) is 14.8 Å². The number of nitrogens with zero attached hydrogens (tertiary/aromatic N) is 3. The molecule has 0 atom stereocenters. The number of aryl methyl sites for hydroxylation is 1. The van der Waals surface area contributed by atoms with Crippen molar-refractivity contribution >= 4 is 28.9 Å². The molecule has 6 heteroatoms. The van der Waals surface area contributed by atoms with Crippen LogP contribution in [-0.2, 0) is 13.0 Å². The summed E-state index contributed by atoms with van der Waals surface area (Å²) in [5.41, 5.74) is 7.03. The molecule has 0 fully saturated rings. The third-order valence-corrected chi connectivity index (χ3v) is 4.07. The van der Waals surface area contributed by atoms with Crippen LogP contribution in [0.5, 0.6) is 0 Å². The fourth-order valence-corrected chi connectivity index (χ4v) is 2.90. The maximum Gasteiger partial charge on any atom is 0.164 e. The molecule has 0 amide bonds. The molecule has 1 aromatic carbocycles. The standard InChI is InChI=1S/C13H14Cl2N4/c14-9-6-8(7-10(15)12(9)16)13-18-17-11-4-2-1-3-5-19(11)13/h6-7H,1-5,16H2. The van der Waals surface area contributed by atoms with Crippen molar-refractivity contribution in [2.24, 2.45) is 0 Å². The van der Waals surface area contributed by atoms with E-state index in [-0.39, 0.29) is 0 Å². The average Bonchev–Trinajstić information content (AvgIpc) is 2.64. The van der Waals surface area contributed by atoms with Gasteiger partial charge in [0, 0.05) is 18.5 Å². The monoisotopic (exact) mass is 296 g/mol. The zero-order valence-electron chi connectivity index (χ0n) is 10.4. The molecule has 100 valence electrons. The van der Waals surface area contributed by atoms with Crippen LogP contribution in [0.2, 0.25) is 10.0 Å². The summed E-state index contributed by atoms with van der Waals surface area (Å²) in [6.07, 6.45) is 4.52. The minimum Gasteiger partial charge on any atom is -0.396 e. The molecule has 1 aliphatic rings. The first-order valence-corrected chi connectivity index (χ1v) is 7.09. The SMILES string of the molecule is Nc1c(Cl)cc(-c2nnc3n2CCCCC3)cc1Cl. The van der Waals surface area contributed by atoms with Crippen molar-refractivity contribution in [2.45, 2.75) is 32.2 Å². The van der Waals surface area contributed by atoms with Gasteiger partial charge < -0.3 is 10.3 Å². The molecule has 2 N–H and O–H groups in total. The quantitative estimate of drug-likeness (QED) is 0.819. The van der Waals surface area contributed by atoms with E-state index in [1.807, 2.05) is 0 Å². The Bertz CT molecular complexity index is 598. The third kappa shape index (κ3) is 2.30. The Hall–Kier alpha value is -1.26. The predicted molar refractivity (Wildman–Crippen MR) is 77.4 cm³/mol. The number of anilines is 1. The van der Waals surface area contributed by atoms with E-state index >= 15 is 0 Å². The lowest BCUT2D eigenvalue weighted by Gasteiger charge is -2.09. The second-order valence-corrected chi connectivity index (χ2v) is 5.57. The average molecular weight is 297 g/mol. The molecule has 2 heterocycles. The lowest BCUT2D eigenvalue weighted by Crippen LogP contribution is -2.03. The third-order valence-electron chi connectivity index (χ3n) is 3.45. The van der Waals surface area contributed by atoms with Gasteiger partial charge in [-0.2, -0.15) is 0 Å². The Balaban J connectivity index is 2.10. The lowest BCUT2D eigenvalue weighted by molar-refractivity contribution is 0.636. The molecule has 0 saturated carbocycles. The Morgan fingerprint density at radius 1 is 1.05 bits per heavy atom. The summed E-state index contributed by atoms with van der Waals surface area (Å²) in [5, 5.41) is 9.45. The van der Waals surface area contributed by atoms with E-state index in [4.69, 9.17) is 28.9 Å². The van der Waals surface area contributed by atoms with Crippen molar-refractivity contribution in [2.75, 3.05) is 5.73 Å².